The second-order valence-corrected chi connectivity index (χ2v) is 3.14. The zero-order chi connectivity index (χ0) is 10.1. The first-order chi connectivity index (χ1) is 5.91. The van der Waals surface area contributed by atoms with Gasteiger partial charge in [0.05, 0.1) is 0 Å². The predicted molar refractivity (Wildman–Crippen MR) is 46.3 cm³/mol. The van der Waals surface area contributed by atoms with Crippen LogP contribution in [0.15, 0.2) is 34.9 Å². The van der Waals surface area contributed by atoms with E-state index in [0.717, 1.165) is 5.57 Å². The van der Waals surface area contributed by atoms with Crippen molar-refractivity contribution in [2.45, 2.75) is 26.4 Å². The predicted octanol–water partition coefficient (Wildman–Crippen LogP) is 3.77. The second-order valence-electron chi connectivity index (χ2n) is 3.14. The molecule has 0 aliphatic heterocycles. The Morgan fingerprint density at radius 2 is 1.77 bits per heavy atom. The van der Waals surface area contributed by atoms with E-state index in [1.165, 1.54) is 13.0 Å². The summed E-state index contributed by atoms with van der Waals surface area (Å²) in [6, 6.07) is 0. The van der Waals surface area contributed by atoms with Crippen LogP contribution in [-0.4, -0.2) is 6.18 Å². The van der Waals surface area contributed by atoms with E-state index >= 15 is 0 Å². The third-order valence-corrected chi connectivity index (χ3v) is 2.04. The van der Waals surface area contributed by atoms with E-state index in [-0.39, 0.29) is 6.42 Å². The monoisotopic (exact) mass is 188 g/mol. The van der Waals surface area contributed by atoms with Crippen LogP contribution in [0.4, 0.5) is 13.2 Å². The van der Waals surface area contributed by atoms with E-state index in [9.17, 15) is 13.2 Å². The molecule has 3 heteroatoms. The lowest BCUT2D eigenvalue weighted by Crippen LogP contribution is -2.12. The Morgan fingerprint density at radius 1 is 1.15 bits per heavy atom. The summed E-state index contributed by atoms with van der Waals surface area (Å²) >= 11 is 0. The Morgan fingerprint density at radius 3 is 2.31 bits per heavy atom. The molecule has 0 aromatic rings. The zero-order valence-electron chi connectivity index (χ0n) is 7.57. The average Bonchev–Trinajstić information content (AvgIpc) is 2.12. The number of alkyl halides is 3. The van der Waals surface area contributed by atoms with Gasteiger partial charge in [-0.15, -0.1) is 0 Å². The Kier molecular flexibility index (Phi) is 2.64. The first-order valence-corrected chi connectivity index (χ1v) is 4.03. The van der Waals surface area contributed by atoms with E-state index < -0.39 is 11.7 Å². The van der Waals surface area contributed by atoms with Crippen LogP contribution in [0.1, 0.15) is 20.3 Å². The summed E-state index contributed by atoms with van der Waals surface area (Å²) in [5.74, 6) is 0. The molecule has 0 nitrogen and oxygen atoms in total. The molecular weight excluding hydrogens is 177 g/mol. The van der Waals surface area contributed by atoms with Crippen molar-refractivity contribution in [1.82, 2.24) is 0 Å². The minimum Gasteiger partial charge on any atom is -0.166 e. The van der Waals surface area contributed by atoms with Gasteiger partial charge in [-0.3, -0.25) is 0 Å². The fourth-order valence-electron chi connectivity index (χ4n) is 1.19. The third-order valence-electron chi connectivity index (χ3n) is 2.04. The quantitative estimate of drug-likeness (QED) is 0.542. The Balaban J connectivity index is 3.04. The number of hydrogen-bond acceptors (Lipinski definition) is 0. The summed E-state index contributed by atoms with van der Waals surface area (Å²) in [7, 11) is 0. The van der Waals surface area contributed by atoms with Gasteiger partial charge in [0.1, 0.15) is 0 Å². The molecule has 72 valence electrons. The molecule has 1 aliphatic rings. The highest BCUT2D eigenvalue weighted by atomic mass is 19.4. The minimum atomic E-state index is -4.20. The van der Waals surface area contributed by atoms with Crippen LogP contribution in [0.25, 0.3) is 0 Å². The van der Waals surface area contributed by atoms with E-state index in [1.54, 1.807) is 19.1 Å². The van der Waals surface area contributed by atoms with Crippen molar-refractivity contribution in [3.63, 3.8) is 0 Å². The second kappa shape index (κ2) is 3.40. The van der Waals surface area contributed by atoms with Gasteiger partial charge in [-0.2, -0.15) is 13.2 Å². The minimum absolute atomic E-state index is 0.0197. The molecule has 0 amide bonds. The molecule has 0 saturated carbocycles. The van der Waals surface area contributed by atoms with Crippen molar-refractivity contribution >= 4 is 0 Å². The van der Waals surface area contributed by atoms with Crippen LogP contribution in [0.3, 0.4) is 0 Å². The molecule has 13 heavy (non-hydrogen) atoms. The molecule has 0 bridgehead atoms. The summed E-state index contributed by atoms with van der Waals surface area (Å²) in [5.41, 5.74) is 0.736. The highest BCUT2D eigenvalue weighted by molar-refractivity contribution is 5.36. The molecule has 0 radical (unpaired) electrons. The summed E-state index contributed by atoms with van der Waals surface area (Å²) in [6.07, 6.45) is 0.593. The molecular formula is C10H11F3. The molecule has 0 aromatic heterocycles. The third kappa shape index (κ3) is 2.47. The van der Waals surface area contributed by atoms with E-state index in [1.807, 2.05) is 0 Å². The van der Waals surface area contributed by atoms with Crippen LogP contribution in [0.2, 0.25) is 0 Å². The maximum absolute atomic E-state index is 12.4. The van der Waals surface area contributed by atoms with Crippen LogP contribution in [0, 0.1) is 0 Å². The highest BCUT2D eigenvalue weighted by Crippen LogP contribution is 2.33. The summed E-state index contributed by atoms with van der Waals surface area (Å²) in [4.78, 5) is 0. The molecule has 0 fully saturated rings. The van der Waals surface area contributed by atoms with Crippen molar-refractivity contribution in [2.75, 3.05) is 0 Å². The van der Waals surface area contributed by atoms with E-state index in [4.69, 9.17) is 0 Å². The summed E-state index contributed by atoms with van der Waals surface area (Å²) < 4.78 is 37.1. The van der Waals surface area contributed by atoms with Crippen LogP contribution >= 0.6 is 0 Å². The Hall–Kier alpha value is -0.990. The van der Waals surface area contributed by atoms with Gasteiger partial charge in [-0.1, -0.05) is 23.8 Å². The normalized spacial score (nSPS) is 18.7. The lowest BCUT2D eigenvalue weighted by atomic mass is 10.1. The van der Waals surface area contributed by atoms with Crippen molar-refractivity contribution in [3.8, 4) is 0 Å². The number of allylic oxidation sites excluding steroid dienone is 6. The summed E-state index contributed by atoms with van der Waals surface area (Å²) in [5, 5.41) is 0. The largest absolute Gasteiger partial charge is 0.413 e. The first-order valence-electron chi connectivity index (χ1n) is 4.03. The lowest BCUT2D eigenvalue weighted by molar-refractivity contribution is -0.0935. The molecule has 1 rings (SSSR count). The van der Waals surface area contributed by atoms with Crippen molar-refractivity contribution < 1.29 is 13.2 Å². The van der Waals surface area contributed by atoms with Gasteiger partial charge in [0.15, 0.2) is 0 Å². The molecule has 0 saturated heterocycles. The number of halogens is 3. The highest BCUT2D eigenvalue weighted by Gasteiger charge is 2.34. The fraction of sp³-hybridized carbons (Fsp3) is 0.400. The standard InChI is InChI=1S/C10H11F3/c1-7-3-5-8(2)9(6-4-7)10(11,12)13/h3-5H,6H2,1-2H3. The van der Waals surface area contributed by atoms with Crippen LogP contribution < -0.4 is 0 Å². The number of rotatable bonds is 0. The van der Waals surface area contributed by atoms with E-state index in [2.05, 4.69) is 0 Å². The molecule has 0 aromatic carbocycles. The van der Waals surface area contributed by atoms with E-state index in [0.29, 0.717) is 5.57 Å². The topological polar surface area (TPSA) is 0 Å². The van der Waals surface area contributed by atoms with Gasteiger partial charge in [-0.25, -0.2) is 0 Å². The fourth-order valence-corrected chi connectivity index (χ4v) is 1.19. The van der Waals surface area contributed by atoms with Crippen LogP contribution in [-0.2, 0) is 0 Å². The maximum Gasteiger partial charge on any atom is 0.413 e. The van der Waals surface area contributed by atoms with Gasteiger partial charge in [0.2, 0.25) is 0 Å². The lowest BCUT2D eigenvalue weighted by Gasteiger charge is -2.11. The molecule has 1 aliphatic carbocycles. The van der Waals surface area contributed by atoms with Gasteiger partial charge in [0.25, 0.3) is 0 Å². The SMILES string of the molecule is CC1=CCC(C(F)(F)F)=C(C)C=C1. The maximum atomic E-state index is 12.4. The van der Waals surface area contributed by atoms with Crippen molar-refractivity contribution in [1.29, 1.82) is 0 Å². The van der Waals surface area contributed by atoms with Gasteiger partial charge in [-0.05, 0) is 25.8 Å². The Bertz CT molecular complexity index is 290. The Labute approximate surface area is 75.4 Å². The van der Waals surface area contributed by atoms with Crippen molar-refractivity contribution in [3.05, 3.63) is 34.9 Å². The van der Waals surface area contributed by atoms with Gasteiger partial charge < -0.3 is 0 Å². The first kappa shape index (κ1) is 10.1. The van der Waals surface area contributed by atoms with Gasteiger partial charge in [0, 0.05) is 5.57 Å². The van der Waals surface area contributed by atoms with Gasteiger partial charge >= 0.3 is 6.18 Å². The molecule has 0 spiro atoms. The molecule has 0 atom stereocenters. The van der Waals surface area contributed by atoms with Crippen molar-refractivity contribution in [2.24, 2.45) is 0 Å². The smallest absolute Gasteiger partial charge is 0.166 e. The number of hydrogen-bond donors (Lipinski definition) is 0. The molecule has 0 unspecified atom stereocenters. The molecule has 0 heterocycles. The average molecular weight is 188 g/mol. The van der Waals surface area contributed by atoms with Crippen LogP contribution in [0.5, 0.6) is 0 Å². The summed E-state index contributed by atoms with van der Waals surface area (Å²) in [6.45, 7) is 3.29. The zero-order valence-corrected chi connectivity index (χ0v) is 7.57. The molecule has 0 N–H and O–H groups in total.